The molecule has 0 saturated carbocycles. The maximum absolute atomic E-state index is 13.2. The average molecular weight is 456 g/mol. The van der Waals surface area contributed by atoms with Crippen LogP contribution in [0.2, 0.25) is 0 Å². The van der Waals surface area contributed by atoms with Gasteiger partial charge in [-0.05, 0) is 41.5 Å². The largest absolute Gasteiger partial charge is 0.497 e. The minimum absolute atomic E-state index is 0.103. The van der Waals surface area contributed by atoms with E-state index in [0.717, 1.165) is 11.1 Å². The quantitative estimate of drug-likeness (QED) is 0.425. The minimum atomic E-state index is -0.735. The first-order valence-electron chi connectivity index (χ1n) is 10.7. The fraction of sp³-hybridized carbons (Fsp3) is 0.148. The number of amides is 1. The van der Waals surface area contributed by atoms with Gasteiger partial charge in [-0.3, -0.25) is 9.59 Å². The van der Waals surface area contributed by atoms with E-state index in [4.69, 9.17) is 9.47 Å². The van der Waals surface area contributed by atoms with Crippen LogP contribution in [0.4, 0.5) is 5.69 Å². The highest BCUT2D eigenvalue weighted by molar-refractivity contribution is 6.04. The maximum atomic E-state index is 13.2. The van der Waals surface area contributed by atoms with Crippen LogP contribution in [-0.2, 0) is 22.5 Å². The van der Waals surface area contributed by atoms with E-state index in [-0.39, 0.29) is 24.4 Å². The van der Waals surface area contributed by atoms with Crippen LogP contribution in [0.1, 0.15) is 21.5 Å². The van der Waals surface area contributed by atoms with Crippen molar-refractivity contribution in [2.45, 2.75) is 13.0 Å². The van der Waals surface area contributed by atoms with Gasteiger partial charge in [0.25, 0.3) is 5.56 Å². The highest BCUT2D eigenvalue weighted by Gasteiger charge is 2.19. The number of ether oxygens (including phenoxy) is 2. The zero-order valence-electron chi connectivity index (χ0n) is 18.9. The lowest BCUT2D eigenvalue weighted by Crippen LogP contribution is -2.28. The Morgan fingerprint density at radius 1 is 0.882 bits per heavy atom. The Kier molecular flexibility index (Phi) is 6.73. The van der Waals surface area contributed by atoms with E-state index in [0.29, 0.717) is 22.3 Å². The van der Waals surface area contributed by atoms with Crippen molar-refractivity contribution in [3.63, 3.8) is 0 Å². The lowest BCUT2D eigenvalue weighted by molar-refractivity contribution is -0.115. The third-order valence-corrected chi connectivity index (χ3v) is 5.52. The molecule has 7 nitrogen and oxygen atoms in total. The highest BCUT2D eigenvalue weighted by atomic mass is 16.5. The van der Waals surface area contributed by atoms with Crippen molar-refractivity contribution in [2.24, 2.45) is 0 Å². The molecule has 4 aromatic rings. The zero-order chi connectivity index (χ0) is 24.1. The topological polar surface area (TPSA) is 86.6 Å². The third-order valence-electron chi connectivity index (χ3n) is 5.52. The number of nitrogens with zero attached hydrogens (tertiary/aromatic N) is 1. The van der Waals surface area contributed by atoms with E-state index in [2.05, 4.69) is 5.32 Å². The van der Waals surface area contributed by atoms with Gasteiger partial charge in [0.2, 0.25) is 5.91 Å². The van der Waals surface area contributed by atoms with Gasteiger partial charge in [0.05, 0.1) is 38.4 Å². The Bertz CT molecular complexity index is 1390. The predicted octanol–water partition coefficient (Wildman–Crippen LogP) is 4.03. The van der Waals surface area contributed by atoms with Crippen molar-refractivity contribution in [3.05, 3.63) is 106 Å². The number of esters is 1. The number of hydrogen-bond donors (Lipinski definition) is 1. The first-order chi connectivity index (χ1) is 16.5. The number of fused-ring (bicyclic) bond motifs is 1. The van der Waals surface area contributed by atoms with E-state index in [1.807, 2.05) is 54.6 Å². The van der Waals surface area contributed by atoms with E-state index in [9.17, 15) is 14.4 Å². The molecular weight excluding hydrogens is 432 g/mol. The number of hydrogen-bond acceptors (Lipinski definition) is 5. The number of methoxy groups -OCH3 is 2. The summed E-state index contributed by atoms with van der Waals surface area (Å²) in [6.07, 6.45) is 0.201. The Balaban J connectivity index is 1.77. The summed E-state index contributed by atoms with van der Waals surface area (Å²) in [5.41, 5.74) is 2.26. The Morgan fingerprint density at radius 2 is 1.62 bits per heavy atom. The number of anilines is 1. The van der Waals surface area contributed by atoms with Crippen LogP contribution in [0.15, 0.2) is 83.7 Å². The molecule has 34 heavy (non-hydrogen) atoms. The minimum Gasteiger partial charge on any atom is -0.497 e. The summed E-state index contributed by atoms with van der Waals surface area (Å²) in [6.45, 7) is 0.228. The monoisotopic (exact) mass is 456 g/mol. The second-order valence-corrected chi connectivity index (χ2v) is 7.74. The number of benzene rings is 3. The van der Waals surface area contributed by atoms with Crippen molar-refractivity contribution in [2.75, 3.05) is 19.5 Å². The molecule has 3 aromatic carbocycles. The number of aromatic nitrogens is 1. The first kappa shape index (κ1) is 22.8. The number of carbonyl (C=O) groups is 2. The summed E-state index contributed by atoms with van der Waals surface area (Å²) in [5.74, 6) is -0.236. The molecule has 0 saturated heterocycles. The molecule has 4 rings (SSSR count). The molecule has 0 fully saturated rings. The fourth-order valence-corrected chi connectivity index (χ4v) is 3.81. The maximum Gasteiger partial charge on any atom is 0.343 e. The fourth-order valence-electron chi connectivity index (χ4n) is 3.81. The Hall–Kier alpha value is -4.39. The van der Waals surface area contributed by atoms with Crippen LogP contribution in [0.5, 0.6) is 5.75 Å². The molecule has 7 heteroatoms. The van der Waals surface area contributed by atoms with E-state index < -0.39 is 11.5 Å². The van der Waals surface area contributed by atoms with Crippen molar-refractivity contribution >= 4 is 28.5 Å². The summed E-state index contributed by atoms with van der Waals surface area (Å²) >= 11 is 0. The molecule has 0 radical (unpaired) electrons. The summed E-state index contributed by atoms with van der Waals surface area (Å²) in [4.78, 5) is 38.4. The van der Waals surface area contributed by atoms with Crippen molar-refractivity contribution < 1.29 is 19.1 Å². The van der Waals surface area contributed by atoms with Gasteiger partial charge in [-0.15, -0.1) is 0 Å². The molecule has 0 atom stereocenters. The van der Waals surface area contributed by atoms with E-state index >= 15 is 0 Å². The molecule has 0 aliphatic heterocycles. The molecule has 0 unspecified atom stereocenters. The summed E-state index contributed by atoms with van der Waals surface area (Å²) < 4.78 is 11.6. The van der Waals surface area contributed by atoms with Crippen LogP contribution in [0.25, 0.3) is 10.9 Å². The second-order valence-electron chi connectivity index (χ2n) is 7.74. The van der Waals surface area contributed by atoms with E-state index in [1.165, 1.54) is 17.7 Å². The van der Waals surface area contributed by atoms with Crippen LogP contribution in [0.3, 0.4) is 0 Å². The predicted molar refractivity (Wildman–Crippen MR) is 130 cm³/mol. The van der Waals surface area contributed by atoms with Crippen molar-refractivity contribution in [1.82, 2.24) is 4.57 Å². The smallest absolute Gasteiger partial charge is 0.343 e. The molecular formula is C27H24N2O5. The van der Waals surface area contributed by atoms with Gasteiger partial charge in [-0.2, -0.15) is 0 Å². The average Bonchev–Trinajstić information content (AvgIpc) is 2.86. The first-order valence-corrected chi connectivity index (χ1v) is 10.7. The molecule has 1 amide bonds. The van der Waals surface area contributed by atoms with Crippen LogP contribution in [-0.4, -0.2) is 30.7 Å². The van der Waals surface area contributed by atoms with Gasteiger partial charge in [0.1, 0.15) is 11.3 Å². The number of nitrogens with one attached hydrogen (secondary N) is 1. The number of carbonyl (C=O) groups excluding carboxylic acids is 2. The zero-order valence-corrected chi connectivity index (χ0v) is 18.9. The van der Waals surface area contributed by atoms with Crippen LogP contribution >= 0.6 is 0 Å². The Morgan fingerprint density at radius 3 is 2.29 bits per heavy atom. The van der Waals surface area contributed by atoms with Gasteiger partial charge in [-0.25, -0.2) is 4.79 Å². The standard InChI is InChI=1S/C27H24N2O5/c1-33-20-13-11-19(12-14-20)17-29-24-10-6-9-23(21(24)16-22(26(29)31)27(32)34-2)28-25(30)15-18-7-4-3-5-8-18/h3-14,16H,15,17H2,1-2H3,(H,28,30). The molecule has 0 aliphatic carbocycles. The van der Waals surface area contributed by atoms with Crippen LogP contribution in [0, 0.1) is 0 Å². The van der Waals surface area contributed by atoms with Gasteiger partial charge >= 0.3 is 5.97 Å². The summed E-state index contributed by atoms with van der Waals surface area (Å²) in [6, 6.07) is 23.5. The lowest BCUT2D eigenvalue weighted by Gasteiger charge is -2.16. The van der Waals surface area contributed by atoms with Gasteiger partial charge in [0, 0.05) is 5.39 Å². The number of pyridine rings is 1. The van der Waals surface area contributed by atoms with Gasteiger partial charge < -0.3 is 19.4 Å². The normalized spacial score (nSPS) is 10.6. The molecule has 1 N–H and O–H groups in total. The molecule has 1 heterocycles. The summed E-state index contributed by atoms with van der Waals surface area (Å²) in [7, 11) is 2.81. The van der Waals surface area contributed by atoms with Gasteiger partial charge in [-0.1, -0.05) is 48.5 Å². The number of rotatable bonds is 7. The molecule has 0 bridgehead atoms. The Labute approximate surface area is 196 Å². The molecule has 1 aromatic heterocycles. The molecule has 172 valence electrons. The molecule has 0 spiro atoms. The SMILES string of the molecule is COC(=O)c1cc2c(NC(=O)Cc3ccccc3)cccc2n(Cc2ccc(OC)cc2)c1=O. The van der Waals surface area contributed by atoms with Crippen molar-refractivity contribution in [1.29, 1.82) is 0 Å². The van der Waals surface area contributed by atoms with E-state index in [1.54, 1.807) is 25.3 Å². The summed E-state index contributed by atoms with van der Waals surface area (Å²) in [5, 5.41) is 3.49. The van der Waals surface area contributed by atoms with Crippen molar-refractivity contribution in [3.8, 4) is 5.75 Å². The van der Waals surface area contributed by atoms with Gasteiger partial charge in [0.15, 0.2) is 0 Å². The lowest BCUT2D eigenvalue weighted by atomic mass is 10.1. The van der Waals surface area contributed by atoms with Crippen LogP contribution < -0.4 is 15.6 Å². The highest BCUT2D eigenvalue weighted by Crippen LogP contribution is 2.25. The molecule has 0 aliphatic rings. The third kappa shape index (κ3) is 4.83. The second kappa shape index (κ2) is 10.0.